The van der Waals surface area contributed by atoms with E-state index in [-0.39, 0.29) is 0 Å². The van der Waals surface area contributed by atoms with Crippen molar-refractivity contribution >= 4 is 17.3 Å². The highest BCUT2D eigenvalue weighted by Gasteiger charge is 2.23. The van der Waals surface area contributed by atoms with E-state index >= 15 is 0 Å². The summed E-state index contributed by atoms with van der Waals surface area (Å²) in [6, 6.07) is 5.80. The molecule has 6 heteroatoms. The Bertz CT molecular complexity index is 559. The first-order valence-electron chi connectivity index (χ1n) is 6.09. The molecule has 5 nitrogen and oxygen atoms in total. The Morgan fingerprint density at radius 1 is 1.28 bits per heavy atom. The van der Waals surface area contributed by atoms with Crippen LogP contribution in [0.25, 0.3) is 11.4 Å². The van der Waals surface area contributed by atoms with Crippen LogP contribution in [0.3, 0.4) is 0 Å². The van der Waals surface area contributed by atoms with Gasteiger partial charge in [0, 0.05) is 11.3 Å². The van der Waals surface area contributed by atoms with Crippen LogP contribution in [0.4, 0.5) is 5.69 Å². The smallest absolute Gasteiger partial charge is 0.183 e. The van der Waals surface area contributed by atoms with Gasteiger partial charge in [-0.25, -0.2) is 4.68 Å². The quantitative estimate of drug-likeness (QED) is 0.846. The van der Waals surface area contributed by atoms with Crippen molar-refractivity contribution in [3.05, 3.63) is 23.2 Å². The number of hydrogen-bond acceptors (Lipinski definition) is 4. The molecule has 94 valence electrons. The molecular formula is C12H14ClN5. The maximum absolute atomic E-state index is 6.21. The average Bonchev–Trinajstić information content (AvgIpc) is 2.98. The molecular weight excluding hydrogens is 250 g/mol. The summed E-state index contributed by atoms with van der Waals surface area (Å²) in [5, 5.41) is 12.6. The molecule has 0 unspecified atom stereocenters. The number of anilines is 1. The van der Waals surface area contributed by atoms with Gasteiger partial charge in [-0.05, 0) is 41.5 Å². The lowest BCUT2D eigenvalue weighted by Gasteiger charge is -2.12. The summed E-state index contributed by atoms with van der Waals surface area (Å²) in [6.07, 6.45) is 4.73. The van der Waals surface area contributed by atoms with Crippen LogP contribution in [0.2, 0.25) is 5.02 Å². The van der Waals surface area contributed by atoms with Crippen LogP contribution in [0.1, 0.15) is 31.7 Å². The summed E-state index contributed by atoms with van der Waals surface area (Å²) >= 11 is 6.21. The van der Waals surface area contributed by atoms with E-state index in [1.165, 1.54) is 12.8 Å². The molecule has 2 aromatic rings. The van der Waals surface area contributed by atoms with Crippen molar-refractivity contribution in [3.63, 3.8) is 0 Å². The van der Waals surface area contributed by atoms with Crippen LogP contribution < -0.4 is 5.73 Å². The van der Waals surface area contributed by atoms with Gasteiger partial charge in [-0.2, -0.15) is 0 Å². The lowest BCUT2D eigenvalue weighted by Crippen LogP contribution is -2.09. The molecule has 0 saturated heterocycles. The van der Waals surface area contributed by atoms with E-state index in [0.717, 1.165) is 24.2 Å². The van der Waals surface area contributed by atoms with Crippen molar-refractivity contribution < 1.29 is 0 Å². The second kappa shape index (κ2) is 4.57. The fourth-order valence-electron chi connectivity index (χ4n) is 2.48. The molecule has 3 rings (SSSR count). The van der Waals surface area contributed by atoms with Crippen molar-refractivity contribution in [2.24, 2.45) is 0 Å². The van der Waals surface area contributed by atoms with E-state index in [4.69, 9.17) is 17.3 Å². The molecule has 1 aromatic carbocycles. The first-order chi connectivity index (χ1) is 8.75. The number of nitrogens with zero attached hydrogens (tertiary/aromatic N) is 4. The highest BCUT2D eigenvalue weighted by atomic mass is 35.5. The fraction of sp³-hybridized carbons (Fsp3) is 0.417. The van der Waals surface area contributed by atoms with Crippen molar-refractivity contribution in [2.45, 2.75) is 31.7 Å². The first-order valence-corrected chi connectivity index (χ1v) is 6.47. The van der Waals surface area contributed by atoms with Crippen molar-refractivity contribution in [1.29, 1.82) is 0 Å². The fourth-order valence-corrected chi connectivity index (χ4v) is 2.75. The number of rotatable bonds is 2. The lowest BCUT2D eigenvalue weighted by atomic mass is 10.1. The third kappa shape index (κ3) is 1.95. The summed E-state index contributed by atoms with van der Waals surface area (Å²) < 4.78 is 1.89. The van der Waals surface area contributed by atoms with Gasteiger partial charge < -0.3 is 5.73 Å². The third-order valence-electron chi connectivity index (χ3n) is 3.40. The van der Waals surface area contributed by atoms with Crippen LogP contribution in [0.5, 0.6) is 0 Å². The molecule has 1 aliphatic rings. The van der Waals surface area contributed by atoms with Gasteiger partial charge in [0.2, 0.25) is 0 Å². The van der Waals surface area contributed by atoms with Crippen LogP contribution >= 0.6 is 11.6 Å². The van der Waals surface area contributed by atoms with Gasteiger partial charge in [0.05, 0.1) is 11.1 Å². The van der Waals surface area contributed by atoms with Gasteiger partial charge in [-0.3, -0.25) is 0 Å². The maximum atomic E-state index is 6.21. The predicted octanol–water partition coefficient (Wildman–Crippen LogP) is 2.69. The molecule has 0 amide bonds. The maximum Gasteiger partial charge on any atom is 0.183 e. The SMILES string of the molecule is Nc1ccc(-c2nnnn2C2CCCC2)c(Cl)c1. The molecule has 0 spiro atoms. The zero-order valence-corrected chi connectivity index (χ0v) is 10.6. The first kappa shape index (κ1) is 11.5. The monoisotopic (exact) mass is 263 g/mol. The standard InChI is InChI=1S/C12H14ClN5/c13-11-7-8(14)5-6-10(11)12-15-16-17-18(12)9-3-1-2-4-9/h5-7,9H,1-4,14H2. The molecule has 0 aliphatic heterocycles. The van der Waals surface area contributed by atoms with E-state index < -0.39 is 0 Å². The molecule has 0 radical (unpaired) electrons. The number of halogens is 1. The third-order valence-corrected chi connectivity index (χ3v) is 3.71. The molecule has 1 fully saturated rings. The van der Waals surface area contributed by atoms with Gasteiger partial charge in [0.15, 0.2) is 5.82 Å². The largest absolute Gasteiger partial charge is 0.399 e. The van der Waals surface area contributed by atoms with Crippen LogP contribution in [0, 0.1) is 0 Å². The van der Waals surface area contributed by atoms with E-state index in [1.807, 2.05) is 16.8 Å². The molecule has 1 aromatic heterocycles. The van der Waals surface area contributed by atoms with Gasteiger partial charge in [0.25, 0.3) is 0 Å². The summed E-state index contributed by atoms with van der Waals surface area (Å²) in [6.45, 7) is 0. The Morgan fingerprint density at radius 2 is 2.06 bits per heavy atom. The Kier molecular flexibility index (Phi) is 2.91. The molecule has 2 N–H and O–H groups in total. The minimum atomic E-state index is 0.392. The van der Waals surface area contributed by atoms with Crippen molar-refractivity contribution in [1.82, 2.24) is 20.2 Å². The molecule has 0 atom stereocenters. The van der Waals surface area contributed by atoms with Crippen molar-refractivity contribution in [3.8, 4) is 11.4 Å². The lowest BCUT2D eigenvalue weighted by molar-refractivity contribution is 0.458. The molecule has 1 saturated carbocycles. The molecule has 1 heterocycles. The number of nitrogens with two attached hydrogens (primary N) is 1. The van der Waals surface area contributed by atoms with Crippen LogP contribution in [-0.2, 0) is 0 Å². The number of hydrogen-bond donors (Lipinski definition) is 1. The second-order valence-corrected chi connectivity index (χ2v) is 5.03. The van der Waals surface area contributed by atoms with E-state index in [0.29, 0.717) is 16.8 Å². The van der Waals surface area contributed by atoms with Crippen LogP contribution in [-0.4, -0.2) is 20.2 Å². The summed E-state index contributed by atoms with van der Waals surface area (Å²) in [4.78, 5) is 0. The second-order valence-electron chi connectivity index (χ2n) is 4.62. The number of benzene rings is 1. The Labute approximate surface area is 110 Å². The Balaban J connectivity index is 2.03. The van der Waals surface area contributed by atoms with Gasteiger partial charge in [0.1, 0.15) is 0 Å². The predicted molar refractivity (Wildman–Crippen MR) is 70.2 cm³/mol. The molecule has 18 heavy (non-hydrogen) atoms. The number of aromatic nitrogens is 4. The highest BCUT2D eigenvalue weighted by molar-refractivity contribution is 6.33. The topological polar surface area (TPSA) is 69.6 Å². The van der Waals surface area contributed by atoms with E-state index in [1.54, 1.807) is 6.07 Å². The van der Waals surface area contributed by atoms with Gasteiger partial charge >= 0.3 is 0 Å². The zero-order valence-electron chi connectivity index (χ0n) is 9.88. The average molecular weight is 264 g/mol. The zero-order chi connectivity index (χ0) is 12.5. The van der Waals surface area contributed by atoms with Crippen molar-refractivity contribution in [2.75, 3.05) is 5.73 Å². The number of tetrazole rings is 1. The minimum absolute atomic E-state index is 0.392. The summed E-state index contributed by atoms with van der Waals surface area (Å²) in [5.74, 6) is 0.729. The van der Waals surface area contributed by atoms with E-state index in [2.05, 4.69) is 15.5 Å². The van der Waals surface area contributed by atoms with Gasteiger partial charge in [-0.1, -0.05) is 24.4 Å². The summed E-state index contributed by atoms with van der Waals surface area (Å²) in [7, 11) is 0. The minimum Gasteiger partial charge on any atom is -0.399 e. The normalized spacial score (nSPS) is 16.3. The molecule has 1 aliphatic carbocycles. The molecule has 0 bridgehead atoms. The Morgan fingerprint density at radius 3 is 2.78 bits per heavy atom. The van der Waals surface area contributed by atoms with Gasteiger partial charge in [-0.15, -0.1) is 5.10 Å². The van der Waals surface area contributed by atoms with Crippen LogP contribution in [0.15, 0.2) is 18.2 Å². The van der Waals surface area contributed by atoms with E-state index in [9.17, 15) is 0 Å². The Hall–Kier alpha value is -1.62. The summed E-state index contributed by atoms with van der Waals surface area (Å²) in [5.41, 5.74) is 7.18. The number of nitrogen functional groups attached to an aromatic ring is 1. The highest BCUT2D eigenvalue weighted by Crippen LogP contribution is 2.34.